The molecule has 0 aliphatic rings. The van der Waals surface area contributed by atoms with Crippen molar-refractivity contribution in [2.75, 3.05) is 7.05 Å². The first-order valence-electron chi connectivity index (χ1n) is 3.99. The molecule has 0 heterocycles. The molecule has 1 aromatic rings. The highest BCUT2D eigenvalue weighted by Gasteiger charge is 1.82. The molecule has 0 unspecified atom stereocenters. The summed E-state index contributed by atoms with van der Waals surface area (Å²) < 4.78 is 0. The van der Waals surface area contributed by atoms with Gasteiger partial charge in [-0.3, -0.25) is 4.99 Å². The van der Waals surface area contributed by atoms with Crippen LogP contribution in [0.15, 0.2) is 41.4 Å². The molecule has 0 saturated carbocycles. The van der Waals surface area contributed by atoms with E-state index >= 15 is 0 Å². The zero-order valence-electron chi connectivity index (χ0n) is 7.49. The Kier molecular flexibility index (Phi) is 3.27. The van der Waals surface area contributed by atoms with Crippen molar-refractivity contribution in [3.05, 3.63) is 42.0 Å². The number of nitrogens with zero attached hydrogens (tertiary/aromatic N) is 1. The number of aliphatic imine (C=N–C) groups is 1. The molecule has 1 aromatic carbocycles. The molecule has 0 spiro atoms. The second kappa shape index (κ2) is 4.50. The predicted molar refractivity (Wildman–Crippen MR) is 54.5 cm³/mol. The second-order valence-electron chi connectivity index (χ2n) is 2.61. The van der Waals surface area contributed by atoms with Crippen LogP contribution in [0, 0.1) is 0 Å². The van der Waals surface area contributed by atoms with E-state index < -0.39 is 0 Å². The maximum Gasteiger partial charge on any atom is 0.0314 e. The van der Waals surface area contributed by atoms with E-state index in [1.54, 1.807) is 7.05 Å². The van der Waals surface area contributed by atoms with Gasteiger partial charge in [-0.05, 0) is 18.6 Å². The number of rotatable bonds is 2. The van der Waals surface area contributed by atoms with E-state index in [0.717, 1.165) is 5.71 Å². The molecule has 0 N–H and O–H groups in total. The van der Waals surface area contributed by atoms with Crippen molar-refractivity contribution < 1.29 is 0 Å². The molecule has 0 bridgehead atoms. The Labute approximate surface area is 73.5 Å². The van der Waals surface area contributed by atoms with Crippen LogP contribution >= 0.6 is 0 Å². The van der Waals surface area contributed by atoms with Gasteiger partial charge in [0.05, 0.1) is 0 Å². The standard InChI is InChI=1S/C11H13N/c1-10(12-2)8-9-11-6-4-3-5-7-11/h3-9H,1-2H3. The summed E-state index contributed by atoms with van der Waals surface area (Å²) in [7, 11) is 1.80. The zero-order chi connectivity index (χ0) is 8.81. The molecule has 0 atom stereocenters. The van der Waals surface area contributed by atoms with Crippen LogP contribution in [0.2, 0.25) is 0 Å². The third kappa shape index (κ3) is 2.70. The normalized spacial score (nSPS) is 12.3. The summed E-state index contributed by atoms with van der Waals surface area (Å²) in [5.41, 5.74) is 2.25. The Morgan fingerprint density at radius 1 is 1.25 bits per heavy atom. The number of benzene rings is 1. The van der Waals surface area contributed by atoms with Gasteiger partial charge < -0.3 is 0 Å². The minimum Gasteiger partial charge on any atom is -0.293 e. The minimum atomic E-state index is 1.04. The van der Waals surface area contributed by atoms with Crippen molar-refractivity contribution >= 4 is 11.8 Å². The number of hydrogen-bond acceptors (Lipinski definition) is 1. The summed E-state index contributed by atoms with van der Waals surface area (Å²) in [5, 5.41) is 0. The maximum absolute atomic E-state index is 4.03. The third-order valence-corrected chi connectivity index (χ3v) is 1.67. The van der Waals surface area contributed by atoms with Gasteiger partial charge in [0.2, 0.25) is 0 Å². The van der Waals surface area contributed by atoms with E-state index in [9.17, 15) is 0 Å². The summed E-state index contributed by atoms with van der Waals surface area (Å²) in [4.78, 5) is 4.03. The highest BCUT2D eigenvalue weighted by Crippen LogP contribution is 2.00. The Hall–Kier alpha value is -1.37. The highest BCUT2D eigenvalue weighted by molar-refractivity contribution is 5.96. The fourth-order valence-corrected chi connectivity index (χ4v) is 0.856. The first-order chi connectivity index (χ1) is 5.83. The van der Waals surface area contributed by atoms with Crippen LogP contribution in [-0.2, 0) is 0 Å². The van der Waals surface area contributed by atoms with Crippen LogP contribution < -0.4 is 0 Å². The molecule has 1 rings (SSSR count). The van der Waals surface area contributed by atoms with Gasteiger partial charge in [0.1, 0.15) is 0 Å². The van der Waals surface area contributed by atoms with Gasteiger partial charge in [-0.1, -0.05) is 36.4 Å². The van der Waals surface area contributed by atoms with Crippen molar-refractivity contribution in [2.45, 2.75) is 6.92 Å². The predicted octanol–water partition coefficient (Wildman–Crippen LogP) is 2.79. The van der Waals surface area contributed by atoms with E-state index in [2.05, 4.69) is 23.2 Å². The quantitative estimate of drug-likeness (QED) is 0.588. The minimum absolute atomic E-state index is 1.04. The molecule has 12 heavy (non-hydrogen) atoms. The van der Waals surface area contributed by atoms with Gasteiger partial charge in [-0.25, -0.2) is 0 Å². The molecule has 0 radical (unpaired) electrons. The van der Waals surface area contributed by atoms with Gasteiger partial charge in [0.25, 0.3) is 0 Å². The molecular weight excluding hydrogens is 146 g/mol. The SMILES string of the molecule is CN=C(C)C=Cc1ccccc1. The topological polar surface area (TPSA) is 12.4 Å². The van der Waals surface area contributed by atoms with E-state index in [4.69, 9.17) is 0 Å². The summed E-state index contributed by atoms with van der Waals surface area (Å²) in [6.07, 6.45) is 4.07. The average Bonchev–Trinajstić information content (AvgIpc) is 2.16. The Balaban J connectivity index is 2.70. The lowest BCUT2D eigenvalue weighted by Crippen LogP contribution is -1.81. The summed E-state index contributed by atoms with van der Waals surface area (Å²) >= 11 is 0. The van der Waals surface area contributed by atoms with Gasteiger partial charge in [0.15, 0.2) is 0 Å². The van der Waals surface area contributed by atoms with Crippen LogP contribution in [0.4, 0.5) is 0 Å². The lowest BCUT2D eigenvalue weighted by molar-refractivity contribution is 1.43. The molecule has 0 aliphatic carbocycles. The third-order valence-electron chi connectivity index (χ3n) is 1.67. The lowest BCUT2D eigenvalue weighted by atomic mass is 10.2. The average molecular weight is 159 g/mol. The maximum atomic E-state index is 4.03. The van der Waals surface area contributed by atoms with Crippen LogP contribution in [0.3, 0.4) is 0 Å². The Morgan fingerprint density at radius 2 is 1.92 bits per heavy atom. The molecule has 0 amide bonds. The molecule has 1 heteroatoms. The van der Waals surface area contributed by atoms with E-state index in [1.807, 2.05) is 31.2 Å². The first-order valence-corrected chi connectivity index (χ1v) is 3.99. The van der Waals surface area contributed by atoms with Crippen molar-refractivity contribution in [3.63, 3.8) is 0 Å². The summed E-state index contributed by atoms with van der Waals surface area (Å²) in [5.74, 6) is 0. The monoisotopic (exact) mass is 159 g/mol. The Bertz CT molecular complexity index is 283. The van der Waals surface area contributed by atoms with Crippen LogP contribution in [0.5, 0.6) is 0 Å². The molecule has 0 aliphatic heterocycles. The van der Waals surface area contributed by atoms with Crippen LogP contribution in [-0.4, -0.2) is 12.8 Å². The van der Waals surface area contributed by atoms with E-state index in [1.165, 1.54) is 5.56 Å². The lowest BCUT2D eigenvalue weighted by Gasteiger charge is -1.90. The molecule has 0 aromatic heterocycles. The Morgan fingerprint density at radius 3 is 2.50 bits per heavy atom. The van der Waals surface area contributed by atoms with Crippen molar-refractivity contribution in [1.82, 2.24) is 0 Å². The molecular formula is C11H13N. The highest BCUT2D eigenvalue weighted by atomic mass is 14.7. The second-order valence-corrected chi connectivity index (χ2v) is 2.61. The molecule has 0 fully saturated rings. The molecule has 0 saturated heterocycles. The number of hydrogen-bond donors (Lipinski definition) is 0. The summed E-state index contributed by atoms with van der Waals surface area (Å²) in [6.45, 7) is 1.99. The number of allylic oxidation sites excluding steroid dienone is 1. The van der Waals surface area contributed by atoms with Gasteiger partial charge in [-0.15, -0.1) is 0 Å². The van der Waals surface area contributed by atoms with Crippen LogP contribution in [0.1, 0.15) is 12.5 Å². The first kappa shape index (κ1) is 8.72. The smallest absolute Gasteiger partial charge is 0.0314 e. The van der Waals surface area contributed by atoms with E-state index in [-0.39, 0.29) is 0 Å². The van der Waals surface area contributed by atoms with E-state index in [0.29, 0.717) is 0 Å². The van der Waals surface area contributed by atoms with Gasteiger partial charge >= 0.3 is 0 Å². The van der Waals surface area contributed by atoms with Crippen molar-refractivity contribution in [1.29, 1.82) is 0 Å². The van der Waals surface area contributed by atoms with Crippen molar-refractivity contribution in [2.24, 2.45) is 4.99 Å². The largest absolute Gasteiger partial charge is 0.293 e. The van der Waals surface area contributed by atoms with Gasteiger partial charge in [0, 0.05) is 12.8 Å². The van der Waals surface area contributed by atoms with Crippen molar-refractivity contribution in [3.8, 4) is 0 Å². The fourth-order valence-electron chi connectivity index (χ4n) is 0.856. The van der Waals surface area contributed by atoms with Crippen LogP contribution in [0.25, 0.3) is 6.08 Å². The molecule has 62 valence electrons. The zero-order valence-corrected chi connectivity index (χ0v) is 7.49. The molecule has 1 nitrogen and oxygen atoms in total. The van der Waals surface area contributed by atoms with Gasteiger partial charge in [-0.2, -0.15) is 0 Å². The summed E-state index contributed by atoms with van der Waals surface area (Å²) in [6, 6.07) is 10.2. The fraction of sp³-hybridized carbons (Fsp3) is 0.182.